The molecule has 4 rings (SSSR count). The maximum Gasteiger partial charge on any atom is 0.251 e. The van der Waals surface area contributed by atoms with Gasteiger partial charge >= 0.3 is 0 Å². The van der Waals surface area contributed by atoms with Crippen molar-refractivity contribution in [2.75, 3.05) is 20.6 Å². The highest BCUT2D eigenvalue weighted by Crippen LogP contribution is 2.38. The number of hydrogen-bond donors (Lipinski definition) is 1. The molecule has 2 unspecified atom stereocenters. The van der Waals surface area contributed by atoms with Gasteiger partial charge in [-0.25, -0.2) is 6.57 Å². The highest BCUT2D eigenvalue weighted by molar-refractivity contribution is 5.31. The normalized spacial score (nSPS) is 50.9. The molecule has 2 atom stereocenters. The molecule has 0 saturated heterocycles. The van der Waals surface area contributed by atoms with Crippen LogP contribution < -0.4 is 15.2 Å². The molecule has 2 aromatic rings. The standard InChI is InChI=1S/C15H19NO.C15H23NO/c1-16-15(12-6-4-3-5-7-12)13-8-10-14(17-2)11-9-13;1-17-14-9-7-13(8-10-14)15(11-16)12-5-3-2-4-6-12/h8-12,15H,3-7H2,2H3;7-10,12,15H,2-6,11,16H2,1H3/i2D3,3D2,4D2,5D2,6D2,7D2,12D,15D;1D3,2D2,3D2,4D2,5D2,6D2,12D,15D. The van der Waals surface area contributed by atoms with Crippen molar-refractivity contribution in [2.24, 2.45) is 17.5 Å². The van der Waals surface area contributed by atoms with E-state index < -0.39 is 114 Å². The van der Waals surface area contributed by atoms with E-state index in [-0.39, 0.29) is 17.1 Å². The molecule has 0 amide bonds. The molecule has 2 N–H and O–H groups in total. The molecular formula is C30H42N2O2. The lowest BCUT2D eigenvalue weighted by Crippen LogP contribution is -2.23. The van der Waals surface area contributed by atoms with Crippen LogP contribution in [0.25, 0.3) is 4.85 Å². The van der Waals surface area contributed by atoms with E-state index in [2.05, 4.69) is 9.58 Å². The molecule has 4 nitrogen and oxygen atoms in total. The number of methoxy groups -OCH3 is 2. The lowest BCUT2D eigenvalue weighted by atomic mass is 9.77. The van der Waals surface area contributed by atoms with Gasteiger partial charge in [0.1, 0.15) is 12.9 Å². The first-order valence-electron chi connectivity index (χ1n) is 24.7. The number of hydrogen-bond acceptors (Lipinski definition) is 3. The van der Waals surface area contributed by atoms with E-state index in [9.17, 15) is 0 Å². The number of rotatable bonds is 7. The fourth-order valence-corrected chi connectivity index (χ4v) is 2.80. The summed E-state index contributed by atoms with van der Waals surface area (Å²) in [5.74, 6) is -10.7. The second-order valence-electron chi connectivity index (χ2n) is 6.40. The molecular weight excluding hydrogens is 420 g/mol. The van der Waals surface area contributed by atoms with E-state index in [4.69, 9.17) is 58.2 Å². The summed E-state index contributed by atoms with van der Waals surface area (Å²) in [7, 11) is -5.65. The van der Waals surface area contributed by atoms with Gasteiger partial charge in [-0.2, -0.15) is 0 Å². The van der Waals surface area contributed by atoms with E-state index in [0.29, 0.717) is 0 Å². The van der Waals surface area contributed by atoms with Crippen LogP contribution >= 0.6 is 0 Å². The minimum atomic E-state index is -3.89. The maximum absolute atomic E-state index is 8.85. The monoisotopic (exact) mass is 493 g/mol. The molecule has 2 saturated carbocycles. The largest absolute Gasteiger partial charge is 0.497 e. The van der Waals surface area contributed by atoms with Crippen LogP contribution in [0, 0.1) is 18.4 Å². The molecule has 0 spiro atoms. The molecule has 0 aromatic heterocycles. The van der Waals surface area contributed by atoms with Crippen LogP contribution in [0.1, 0.15) is 128 Å². The lowest BCUT2D eigenvalue weighted by molar-refractivity contribution is 0.307. The Morgan fingerprint density at radius 2 is 1.35 bits per heavy atom. The molecule has 2 fully saturated rings. The fourth-order valence-electron chi connectivity index (χ4n) is 2.80. The SMILES string of the molecule is [2H]C([2H])([2H])Oc1ccc(C([2H])(CN)C2([2H])C([2H])([2H])C([2H])([2H])C([2H])([2H])C([2H])([2H])C2([2H])[2H])cc1.[2H]C([2H])([2H])Oc1ccc(C([2H])([N+]#[C-])C2([2H])C([2H])([2H])C([2H])([2H])C([2H])([2H])C([2H])([2H])C2([2H])[2H])cc1. The molecule has 0 radical (unpaired) electrons. The topological polar surface area (TPSA) is 48.8 Å². The summed E-state index contributed by atoms with van der Waals surface area (Å²) < 4.78 is 249. The lowest BCUT2D eigenvalue weighted by Gasteiger charge is -2.29. The van der Waals surface area contributed by atoms with Gasteiger partial charge in [0.15, 0.2) is 0 Å². The molecule has 0 bridgehead atoms. The Hall–Kier alpha value is -2.51. The molecule has 0 aliphatic heterocycles. The zero-order valence-electron chi connectivity index (χ0n) is 47.7. The van der Waals surface area contributed by atoms with Gasteiger partial charge in [-0.05, 0) is 85.8 Å². The van der Waals surface area contributed by atoms with Crippen LogP contribution in [0.15, 0.2) is 48.5 Å². The Bertz CT molecular complexity index is 2030. The van der Waals surface area contributed by atoms with Gasteiger partial charge in [0.05, 0.1) is 22.3 Å². The van der Waals surface area contributed by atoms with Crippen molar-refractivity contribution in [2.45, 2.75) is 75.6 Å². The Morgan fingerprint density at radius 3 is 1.79 bits per heavy atom. The molecule has 2 aliphatic carbocycles. The zero-order valence-corrected chi connectivity index (χ0v) is 17.7. The van der Waals surface area contributed by atoms with E-state index in [1.54, 1.807) is 0 Å². The van der Waals surface area contributed by atoms with Crippen LogP contribution in [-0.4, -0.2) is 20.6 Å². The predicted octanol–water partition coefficient (Wildman–Crippen LogP) is 7.55. The number of benzene rings is 2. The Morgan fingerprint density at radius 1 is 0.882 bits per heavy atom. The predicted molar refractivity (Wildman–Crippen MR) is 140 cm³/mol. The van der Waals surface area contributed by atoms with E-state index in [1.165, 1.54) is 0 Å². The van der Waals surface area contributed by atoms with Crippen molar-refractivity contribution in [1.82, 2.24) is 0 Å². The van der Waals surface area contributed by atoms with Gasteiger partial charge < -0.3 is 20.1 Å². The molecule has 2 aromatic carbocycles. The van der Waals surface area contributed by atoms with Crippen molar-refractivity contribution in [3.05, 3.63) is 71.1 Å². The van der Waals surface area contributed by atoms with Crippen molar-refractivity contribution in [1.29, 1.82) is 0 Å². The van der Waals surface area contributed by atoms with Crippen molar-refractivity contribution in [3.8, 4) is 11.5 Å². The highest BCUT2D eigenvalue weighted by Gasteiger charge is 2.29. The number of ether oxygens (including phenoxy) is 2. The fraction of sp³-hybridized carbons (Fsp3) is 0.567. The summed E-state index contributed by atoms with van der Waals surface area (Å²) in [5.41, 5.74) is 4.78. The summed E-state index contributed by atoms with van der Waals surface area (Å²) in [5, 5.41) is 0. The van der Waals surface area contributed by atoms with Crippen LogP contribution in [0.2, 0.25) is 0 Å². The Balaban J connectivity index is 0.000000340. The Labute approximate surface area is 248 Å². The molecule has 4 heteroatoms. The third-order valence-electron chi connectivity index (χ3n) is 4.42. The van der Waals surface area contributed by atoms with Gasteiger partial charge in [0.2, 0.25) is 0 Å². The molecule has 0 heterocycles. The molecule has 2 aliphatic rings. The number of nitrogens with two attached hydrogens (primary N) is 1. The van der Waals surface area contributed by atoms with Crippen molar-refractivity contribution >= 4 is 0 Å². The molecule has 184 valence electrons. The van der Waals surface area contributed by atoms with Crippen molar-refractivity contribution in [3.63, 3.8) is 0 Å². The van der Waals surface area contributed by atoms with Gasteiger partial charge in [0.25, 0.3) is 6.02 Å². The van der Waals surface area contributed by atoms with Gasteiger partial charge in [-0.15, -0.1) is 0 Å². The molecule has 34 heavy (non-hydrogen) atoms. The summed E-state index contributed by atoms with van der Waals surface area (Å²) in [6, 6.07) is 4.56. The third kappa shape index (κ3) is 7.24. The smallest absolute Gasteiger partial charge is 0.251 e. The van der Waals surface area contributed by atoms with E-state index in [0.717, 1.165) is 48.5 Å². The van der Waals surface area contributed by atoms with Crippen LogP contribution in [0.3, 0.4) is 0 Å². The second kappa shape index (κ2) is 14.0. The van der Waals surface area contributed by atoms with Crippen molar-refractivity contribution < 1.29 is 50.6 Å². The summed E-state index contributed by atoms with van der Waals surface area (Å²) >= 11 is 0. The van der Waals surface area contributed by atoms with Gasteiger partial charge in [0, 0.05) is 43.0 Å². The van der Waals surface area contributed by atoms with Gasteiger partial charge in [-0.1, -0.05) is 50.4 Å². The van der Waals surface area contributed by atoms with Crippen LogP contribution in [0.5, 0.6) is 11.5 Å². The minimum Gasteiger partial charge on any atom is -0.497 e. The van der Waals surface area contributed by atoms with E-state index in [1.807, 2.05) is 0 Å². The maximum atomic E-state index is 8.85. The number of nitrogens with zero attached hydrogens (tertiary/aromatic N) is 1. The Kier molecular flexibility index (Phi) is 2.99. The summed E-state index contributed by atoms with van der Waals surface area (Å²) in [4.78, 5) is 2.90. The van der Waals surface area contributed by atoms with Gasteiger partial charge in [-0.3, -0.25) is 0 Å². The first kappa shape index (κ1) is 7.26. The first-order valence-corrected chi connectivity index (χ1v) is 9.67. The zero-order chi connectivity index (χ0) is 50.8. The quantitative estimate of drug-likeness (QED) is 0.406. The highest BCUT2D eigenvalue weighted by atomic mass is 16.5. The van der Waals surface area contributed by atoms with Crippen LogP contribution in [0.4, 0.5) is 0 Å². The third-order valence-corrected chi connectivity index (χ3v) is 4.42. The first-order chi connectivity index (χ1) is 28.0. The average molecular weight is 493 g/mol. The summed E-state index contributed by atoms with van der Waals surface area (Å²) in [6.45, 7) is 6.52. The van der Waals surface area contributed by atoms with Crippen LogP contribution in [-0.2, 0) is 0 Å². The average Bonchev–Trinajstić information content (AvgIpc) is 3.14. The summed E-state index contributed by atoms with van der Waals surface area (Å²) in [6.07, 6.45) is -38.0. The minimum absolute atomic E-state index is 0.191. The second-order valence-corrected chi connectivity index (χ2v) is 6.40. The van der Waals surface area contributed by atoms with E-state index >= 15 is 0 Å².